The summed E-state index contributed by atoms with van der Waals surface area (Å²) in [4.78, 5) is 51.3. The number of carbonyl (C=O) groups excluding carboxylic acids is 4. The lowest BCUT2D eigenvalue weighted by atomic mass is 9.87. The third-order valence-electron chi connectivity index (χ3n) is 4.80. The number of amides is 2. The number of rotatable bonds is 1. The van der Waals surface area contributed by atoms with Gasteiger partial charge in [-0.25, -0.2) is 14.5 Å². The quantitative estimate of drug-likeness (QED) is 0.310. The monoisotopic (exact) mass is 358 g/mol. The van der Waals surface area contributed by atoms with Crippen molar-refractivity contribution in [2.24, 2.45) is 0 Å². The Kier molecular flexibility index (Phi) is 2.83. The number of cyclic esters (lactones) is 2. The number of nitrogens with zero attached hydrogens (tertiary/aromatic N) is 1. The molecule has 0 atom stereocenters. The summed E-state index contributed by atoms with van der Waals surface area (Å²) < 4.78 is 4.72. The maximum atomic E-state index is 13.1. The maximum Gasteiger partial charge on any atom is 0.346 e. The van der Waals surface area contributed by atoms with Gasteiger partial charge in [0.1, 0.15) is 0 Å². The smallest absolute Gasteiger partial charge is 0.346 e. The summed E-state index contributed by atoms with van der Waals surface area (Å²) in [5.74, 6) is -2.66. The zero-order valence-corrected chi connectivity index (χ0v) is 13.7. The largest absolute Gasteiger partial charge is 0.399 e. The van der Waals surface area contributed by atoms with E-state index in [1.54, 1.807) is 24.3 Å². The number of esters is 2. The third-order valence-corrected chi connectivity index (χ3v) is 4.80. The first-order chi connectivity index (χ1) is 13.0. The van der Waals surface area contributed by atoms with E-state index in [2.05, 4.69) is 0 Å². The highest BCUT2D eigenvalue weighted by Crippen LogP contribution is 2.38. The average molecular weight is 358 g/mol. The summed E-state index contributed by atoms with van der Waals surface area (Å²) in [6.45, 7) is 0. The number of carbonyl (C=O) groups is 4. The van der Waals surface area contributed by atoms with Crippen molar-refractivity contribution in [3.63, 3.8) is 0 Å². The van der Waals surface area contributed by atoms with Gasteiger partial charge in [-0.2, -0.15) is 0 Å². The number of nitrogen functional groups attached to an aromatic ring is 1. The van der Waals surface area contributed by atoms with Gasteiger partial charge in [0.2, 0.25) is 0 Å². The van der Waals surface area contributed by atoms with Gasteiger partial charge in [0.05, 0.1) is 16.8 Å². The van der Waals surface area contributed by atoms with Gasteiger partial charge >= 0.3 is 11.9 Å². The molecule has 0 radical (unpaired) electrons. The van der Waals surface area contributed by atoms with Crippen LogP contribution in [-0.4, -0.2) is 23.8 Å². The van der Waals surface area contributed by atoms with Crippen LogP contribution in [0.4, 0.5) is 11.4 Å². The van der Waals surface area contributed by atoms with Crippen LogP contribution in [0.1, 0.15) is 41.4 Å². The van der Waals surface area contributed by atoms with E-state index in [0.717, 1.165) is 4.90 Å². The standard InChI is InChI=1S/C20H10N2O5/c21-9-1-3-10(4-2-9)22-17(23)11-5-7-13-16-14(20(26)27-19(13)25)8-6-12(15(11)16)18(22)24/h1-8H,21H2. The lowest BCUT2D eigenvalue weighted by Crippen LogP contribution is -2.41. The molecular weight excluding hydrogens is 348 g/mol. The van der Waals surface area contributed by atoms with Gasteiger partial charge in [-0.15, -0.1) is 0 Å². The molecule has 2 N–H and O–H groups in total. The first-order valence-corrected chi connectivity index (χ1v) is 8.08. The number of anilines is 2. The Morgan fingerprint density at radius 3 is 1.59 bits per heavy atom. The van der Waals surface area contributed by atoms with Crippen molar-refractivity contribution in [1.29, 1.82) is 0 Å². The molecule has 2 amide bonds. The predicted molar refractivity (Wildman–Crippen MR) is 95.7 cm³/mol. The van der Waals surface area contributed by atoms with Gasteiger partial charge < -0.3 is 10.5 Å². The topological polar surface area (TPSA) is 107 Å². The number of hydrogen-bond acceptors (Lipinski definition) is 6. The Morgan fingerprint density at radius 1 is 0.630 bits per heavy atom. The lowest BCUT2D eigenvalue weighted by Gasteiger charge is -2.29. The van der Waals surface area contributed by atoms with Crippen molar-refractivity contribution in [1.82, 2.24) is 0 Å². The summed E-state index contributed by atoms with van der Waals surface area (Å²) in [7, 11) is 0. The summed E-state index contributed by atoms with van der Waals surface area (Å²) in [6, 6.07) is 12.2. The van der Waals surface area contributed by atoms with Crippen molar-refractivity contribution in [2.45, 2.75) is 0 Å². The highest BCUT2D eigenvalue weighted by atomic mass is 16.6. The van der Waals surface area contributed by atoms with E-state index in [1.165, 1.54) is 24.3 Å². The highest BCUT2D eigenvalue weighted by Gasteiger charge is 2.38. The average Bonchev–Trinajstić information content (AvgIpc) is 2.66. The van der Waals surface area contributed by atoms with Crippen LogP contribution >= 0.6 is 0 Å². The molecule has 130 valence electrons. The summed E-state index contributed by atoms with van der Waals surface area (Å²) in [5.41, 5.74) is 7.37. The minimum Gasteiger partial charge on any atom is -0.399 e. The molecule has 0 spiro atoms. The molecule has 0 bridgehead atoms. The van der Waals surface area contributed by atoms with Gasteiger partial charge in [0, 0.05) is 27.6 Å². The minimum atomic E-state index is -0.794. The molecule has 7 nitrogen and oxygen atoms in total. The zero-order valence-electron chi connectivity index (χ0n) is 13.7. The van der Waals surface area contributed by atoms with Crippen LogP contribution in [-0.2, 0) is 4.74 Å². The van der Waals surface area contributed by atoms with Crippen LogP contribution in [0.2, 0.25) is 0 Å². The molecule has 7 heteroatoms. The van der Waals surface area contributed by atoms with Crippen molar-refractivity contribution in [3.8, 4) is 0 Å². The summed E-state index contributed by atoms with van der Waals surface area (Å²) in [5, 5.41) is 0.585. The maximum absolute atomic E-state index is 13.1. The second-order valence-corrected chi connectivity index (χ2v) is 6.29. The molecule has 2 heterocycles. The molecule has 0 aliphatic carbocycles. The van der Waals surface area contributed by atoms with Gasteiger partial charge in [-0.1, -0.05) is 0 Å². The van der Waals surface area contributed by atoms with Crippen LogP contribution in [0, 0.1) is 0 Å². The summed E-state index contributed by atoms with van der Waals surface area (Å²) >= 11 is 0. The molecule has 2 aliphatic rings. The zero-order chi connectivity index (χ0) is 18.9. The third kappa shape index (κ3) is 1.90. The van der Waals surface area contributed by atoms with Crippen LogP contribution in [0.25, 0.3) is 10.8 Å². The van der Waals surface area contributed by atoms with Crippen molar-refractivity contribution < 1.29 is 23.9 Å². The molecule has 0 saturated carbocycles. The fraction of sp³-hybridized carbons (Fsp3) is 0. The van der Waals surface area contributed by atoms with Crippen molar-refractivity contribution in [3.05, 3.63) is 70.8 Å². The van der Waals surface area contributed by atoms with Gasteiger partial charge in [0.25, 0.3) is 11.8 Å². The molecule has 2 aliphatic heterocycles. The summed E-state index contributed by atoms with van der Waals surface area (Å²) in [6.07, 6.45) is 0. The van der Waals surface area contributed by atoms with Crippen molar-refractivity contribution >= 4 is 45.9 Å². The number of ether oxygens (including phenoxy) is 1. The Balaban J connectivity index is 1.82. The van der Waals surface area contributed by atoms with E-state index in [9.17, 15) is 19.2 Å². The van der Waals surface area contributed by atoms with Crippen LogP contribution in [0.15, 0.2) is 48.5 Å². The van der Waals surface area contributed by atoms with E-state index in [1.807, 2.05) is 0 Å². The molecule has 0 aromatic heterocycles. The molecule has 3 aromatic rings. The molecule has 0 unspecified atom stereocenters. The van der Waals surface area contributed by atoms with E-state index in [0.29, 0.717) is 16.8 Å². The first-order valence-electron chi connectivity index (χ1n) is 8.08. The van der Waals surface area contributed by atoms with Crippen LogP contribution < -0.4 is 10.6 Å². The Hall–Kier alpha value is -4.00. The van der Waals surface area contributed by atoms with Gasteiger partial charge in [-0.3, -0.25) is 9.59 Å². The first kappa shape index (κ1) is 15.3. The minimum absolute atomic E-state index is 0.159. The molecule has 0 saturated heterocycles. The number of benzene rings is 3. The Morgan fingerprint density at radius 2 is 1.07 bits per heavy atom. The molecule has 3 aromatic carbocycles. The van der Waals surface area contributed by atoms with Crippen LogP contribution in [0.3, 0.4) is 0 Å². The second-order valence-electron chi connectivity index (χ2n) is 6.29. The molecule has 27 heavy (non-hydrogen) atoms. The van der Waals surface area contributed by atoms with Crippen molar-refractivity contribution in [2.75, 3.05) is 10.6 Å². The van der Waals surface area contributed by atoms with Crippen LogP contribution in [0.5, 0.6) is 0 Å². The van der Waals surface area contributed by atoms with Gasteiger partial charge in [0.15, 0.2) is 0 Å². The molecular formula is C20H10N2O5. The fourth-order valence-electron chi connectivity index (χ4n) is 3.58. The van der Waals surface area contributed by atoms with E-state index in [-0.39, 0.29) is 27.6 Å². The van der Waals surface area contributed by atoms with E-state index in [4.69, 9.17) is 10.5 Å². The number of hydrogen-bond donors (Lipinski definition) is 1. The fourth-order valence-corrected chi connectivity index (χ4v) is 3.58. The normalized spacial score (nSPS) is 15.3. The predicted octanol–water partition coefficient (Wildman–Crippen LogP) is 2.53. The highest BCUT2D eigenvalue weighted by molar-refractivity contribution is 6.38. The second kappa shape index (κ2) is 5.01. The van der Waals surface area contributed by atoms with E-state index < -0.39 is 23.8 Å². The molecule has 5 rings (SSSR count). The SMILES string of the molecule is Nc1ccc(N2C(=O)c3ccc4c5c(ccc(c35)C2=O)C(=O)OC4=O)cc1. The van der Waals surface area contributed by atoms with E-state index >= 15 is 0 Å². The van der Waals surface area contributed by atoms with Gasteiger partial charge in [-0.05, 0) is 48.5 Å². The molecule has 0 fully saturated rings. The Bertz CT molecular complexity index is 1160. The Labute approximate surface area is 151 Å². The number of nitrogens with two attached hydrogens (primary N) is 1. The lowest BCUT2D eigenvalue weighted by molar-refractivity contribution is 0.0390. The number of imide groups is 1.